The molecule has 1 saturated carbocycles. The van der Waals surface area contributed by atoms with E-state index in [1.807, 2.05) is 6.07 Å². The van der Waals surface area contributed by atoms with Crippen LogP contribution in [0.1, 0.15) is 62.6 Å². The third kappa shape index (κ3) is 4.09. The molecule has 0 bridgehead atoms. The van der Waals surface area contributed by atoms with Gasteiger partial charge in [0.2, 0.25) is 0 Å². The number of pyridine rings is 1. The fourth-order valence-corrected chi connectivity index (χ4v) is 7.06. The average molecular weight is 501 g/mol. The zero-order valence-corrected chi connectivity index (χ0v) is 22.4. The number of benzene rings is 1. The summed E-state index contributed by atoms with van der Waals surface area (Å²) < 4.78 is 0. The van der Waals surface area contributed by atoms with E-state index in [4.69, 9.17) is 16.6 Å². The van der Waals surface area contributed by atoms with Gasteiger partial charge >= 0.3 is 0 Å². The Morgan fingerprint density at radius 3 is 2.64 bits per heavy atom. The number of anilines is 2. The number of fused-ring (bicyclic) bond motifs is 3. The maximum absolute atomic E-state index is 6.34. The van der Waals surface area contributed by atoms with Crippen LogP contribution in [0.2, 0.25) is 5.02 Å². The Kier molecular flexibility index (Phi) is 5.81. The highest BCUT2D eigenvalue weighted by molar-refractivity contribution is 6.30. The highest BCUT2D eigenvalue weighted by atomic mass is 35.5. The molecule has 0 atom stereocenters. The fourth-order valence-electron chi connectivity index (χ4n) is 6.89. The lowest BCUT2D eigenvalue weighted by atomic mass is 9.67. The van der Waals surface area contributed by atoms with Crippen LogP contribution in [0.5, 0.6) is 0 Å². The molecule has 4 aliphatic rings. The second-order valence-electron chi connectivity index (χ2n) is 12.0. The molecule has 1 spiro atoms. The molecule has 6 rings (SSSR count). The van der Waals surface area contributed by atoms with Gasteiger partial charge in [0.15, 0.2) is 0 Å². The van der Waals surface area contributed by atoms with Gasteiger partial charge in [-0.2, -0.15) is 0 Å². The summed E-state index contributed by atoms with van der Waals surface area (Å²) >= 11 is 6.34. The molecule has 1 saturated heterocycles. The molecule has 0 amide bonds. The normalized spacial score (nSPS) is 22.4. The van der Waals surface area contributed by atoms with E-state index < -0.39 is 0 Å². The first kappa shape index (κ1) is 23.8. The van der Waals surface area contributed by atoms with Gasteiger partial charge < -0.3 is 15.1 Å². The summed E-state index contributed by atoms with van der Waals surface area (Å²) in [6.07, 6.45) is 13.2. The van der Waals surface area contributed by atoms with Crippen LogP contribution in [-0.4, -0.2) is 35.6 Å². The van der Waals surface area contributed by atoms with E-state index in [0.717, 1.165) is 67.6 Å². The maximum Gasteiger partial charge on any atom is 0.140 e. The van der Waals surface area contributed by atoms with Gasteiger partial charge in [-0.15, -0.1) is 0 Å². The number of aromatic nitrogens is 1. The van der Waals surface area contributed by atoms with Crippen molar-refractivity contribution in [3.05, 3.63) is 82.8 Å². The maximum atomic E-state index is 6.34. The number of nitrogens with one attached hydrogen (secondary N) is 1. The third-order valence-electron chi connectivity index (χ3n) is 8.90. The SMILES string of the molecule is C=C1C=Cc2cc(CCCN3CCC4(CC3)C(=C)Nc3ccc(Cl)cc34)cnc2N1C1CC(C)(C)C1. The molecular formula is C31H37ClN4. The predicted octanol–water partition coefficient (Wildman–Crippen LogP) is 7.18. The second kappa shape index (κ2) is 8.78. The van der Waals surface area contributed by atoms with Crippen LogP contribution in [0.4, 0.5) is 11.5 Å². The highest BCUT2D eigenvalue weighted by Crippen LogP contribution is 2.50. The number of hydrogen-bond donors (Lipinski definition) is 1. The molecule has 0 radical (unpaired) electrons. The molecule has 188 valence electrons. The first-order chi connectivity index (χ1) is 17.2. The minimum atomic E-state index is 0.0248. The average Bonchev–Trinajstić information content (AvgIpc) is 3.09. The number of piperidine rings is 1. The number of likely N-dealkylation sites (tertiary alicyclic amines) is 1. The van der Waals surface area contributed by atoms with Crippen molar-refractivity contribution >= 4 is 29.2 Å². The summed E-state index contributed by atoms with van der Waals surface area (Å²) in [5.41, 5.74) is 7.71. The van der Waals surface area contributed by atoms with Crippen LogP contribution >= 0.6 is 11.6 Å². The van der Waals surface area contributed by atoms with E-state index in [1.165, 1.54) is 35.2 Å². The molecule has 1 aliphatic carbocycles. The number of allylic oxidation sites excluding steroid dienone is 2. The van der Waals surface area contributed by atoms with E-state index in [1.54, 1.807) is 0 Å². The van der Waals surface area contributed by atoms with Crippen LogP contribution in [0.15, 0.2) is 61.1 Å². The number of halogens is 1. The van der Waals surface area contributed by atoms with E-state index in [9.17, 15) is 0 Å². The summed E-state index contributed by atoms with van der Waals surface area (Å²) in [4.78, 5) is 9.90. The number of rotatable bonds is 5. The van der Waals surface area contributed by atoms with Crippen molar-refractivity contribution in [1.82, 2.24) is 9.88 Å². The quantitative estimate of drug-likeness (QED) is 0.471. The Labute approximate surface area is 220 Å². The second-order valence-corrected chi connectivity index (χ2v) is 12.4. The molecule has 1 aromatic heterocycles. The van der Waals surface area contributed by atoms with Crippen molar-refractivity contribution in [2.45, 2.75) is 63.8 Å². The first-order valence-corrected chi connectivity index (χ1v) is 13.8. The van der Waals surface area contributed by atoms with Crippen molar-refractivity contribution in [3.63, 3.8) is 0 Å². The van der Waals surface area contributed by atoms with E-state index >= 15 is 0 Å². The fraction of sp³-hybridized carbons (Fsp3) is 0.452. The monoisotopic (exact) mass is 500 g/mol. The van der Waals surface area contributed by atoms with Crippen molar-refractivity contribution in [2.24, 2.45) is 5.41 Å². The minimum absolute atomic E-state index is 0.0248. The predicted molar refractivity (Wildman–Crippen MR) is 152 cm³/mol. The van der Waals surface area contributed by atoms with Gasteiger partial charge in [0.05, 0.1) is 0 Å². The molecule has 4 nitrogen and oxygen atoms in total. The lowest BCUT2D eigenvalue weighted by molar-refractivity contribution is 0.151. The summed E-state index contributed by atoms with van der Waals surface area (Å²) in [5.74, 6) is 1.08. The molecule has 5 heteroatoms. The standard InChI is InChI=1S/C31H37ClN4/c1-21-7-8-24-16-23(20-33-29(24)36(21)26-18-30(3,4)19-26)6-5-13-35-14-11-31(12-15-35)22(2)34-28-10-9-25(32)17-27(28)31/h7-10,16-17,20,26,34H,1-2,5-6,11-15,18-19H2,3-4H3. The van der Waals surface area contributed by atoms with Gasteiger partial charge in [0, 0.05) is 45.3 Å². The summed E-state index contributed by atoms with van der Waals surface area (Å²) in [5, 5.41) is 4.33. The van der Waals surface area contributed by atoms with Gasteiger partial charge in [0.25, 0.3) is 0 Å². The number of nitrogens with zero attached hydrogens (tertiary/aromatic N) is 3. The number of aryl methyl sites for hydroxylation is 1. The lowest BCUT2D eigenvalue weighted by Crippen LogP contribution is -2.49. The molecular weight excluding hydrogens is 464 g/mol. The molecule has 2 aromatic rings. The van der Waals surface area contributed by atoms with Gasteiger partial charge in [-0.1, -0.05) is 38.6 Å². The van der Waals surface area contributed by atoms with Crippen molar-refractivity contribution in [2.75, 3.05) is 29.9 Å². The first-order valence-electron chi connectivity index (χ1n) is 13.4. The van der Waals surface area contributed by atoms with Crippen LogP contribution < -0.4 is 10.2 Å². The summed E-state index contributed by atoms with van der Waals surface area (Å²) in [7, 11) is 0. The summed E-state index contributed by atoms with van der Waals surface area (Å²) in [6.45, 7) is 16.7. The molecule has 0 unspecified atom stereocenters. The Morgan fingerprint density at radius 1 is 1.11 bits per heavy atom. The van der Waals surface area contributed by atoms with E-state index in [0.29, 0.717) is 11.5 Å². The largest absolute Gasteiger partial charge is 0.358 e. The molecule has 4 heterocycles. The van der Waals surface area contributed by atoms with Crippen LogP contribution in [-0.2, 0) is 11.8 Å². The lowest BCUT2D eigenvalue weighted by Gasteiger charge is -2.49. The Balaban J connectivity index is 1.05. The molecule has 36 heavy (non-hydrogen) atoms. The van der Waals surface area contributed by atoms with E-state index in [2.05, 4.69) is 78.7 Å². The van der Waals surface area contributed by atoms with Crippen LogP contribution in [0.3, 0.4) is 0 Å². The smallest absolute Gasteiger partial charge is 0.140 e. The van der Waals surface area contributed by atoms with Gasteiger partial charge in [-0.3, -0.25) is 0 Å². The highest BCUT2D eigenvalue weighted by Gasteiger charge is 2.44. The Morgan fingerprint density at radius 2 is 1.89 bits per heavy atom. The van der Waals surface area contributed by atoms with Gasteiger partial charge in [0.1, 0.15) is 5.82 Å². The van der Waals surface area contributed by atoms with Crippen LogP contribution in [0, 0.1) is 5.41 Å². The van der Waals surface area contributed by atoms with Crippen molar-refractivity contribution < 1.29 is 0 Å². The molecule has 1 N–H and O–H groups in total. The molecule has 1 aromatic carbocycles. The molecule has 3 aliphatic heterocycles. The zero-order valence-electron chi connectivity index (χ0n) is 21.6. The minimum Gasteiger partial charge on any atom is -0.358 e. The van der Waals surface area contributed by atoms with Gasteiger partial charge in [-0.05, 0) is 111 Å². The summed E-state index contributed by atoms with van der Waals surface area (Å²) in [6, 6.07) is 9.04. The van der Waals surface area contributed by atoms with Crippen molar-refractivity contribution in [1.29, 1.82) is 0 Å². The Bertz CT molecular complexity index is 1240. The van der Waals surface area contributed by atoms with Crippen LogP contribution in [0.25, 0.3) is 6.08 Å². The number of hydrogen-bond acceptors (Lipinski definition) is 4. The third-order valence-corrected chi connectivity index (χ3v) is 9.13. The molecule has 2 fully saturated rings. The van der Waals surface area contributed by atoms with Gasteiger partial charge in [-0.25, -0.2) is 4.98 Å². The zero-order chi connectivity index (χ0) is 25.1. The topological polar surface area (TPSA) is 31.4 Å². The Hall–Kier alpha value is -2.56. The van der Waals surface area contributed by atoms with E-state index in [-0.39, 0.29) is 5.41 Å². The van der Waals surface area contributed by atoms with Crippen molar-refractivity contribution in [3.8, 4) is 0 Å².